The zero-order valence-corrected chi connectivity index (χ0v) is 14.6. The number of halogens is 4. The van der Waals surface area contributed by atoms with Gasteiger partial charge in [0.05, 0.1) is 23.3 Å². The molecule has 0 radical (unpaired) electrons. The lowest BCUT2D eigenvalue weighted by Crippen LogP contribution is -2.22. The van der Waals surface area contributed by atoms with E-state index < -0.39 is 35.2 Å². The number of ether oxygens (including phenoxy) is 2. The molecule has 2 rings (SSSR count). The van der Waals surface area contributed by atoms with Gasteiger partial charge >= 0.3 is 6.18 Å². The first kappa shape index (κ1) is 20.4. The highest BCUT2D eigenvalue weighted by atomic mass is 35.5. The zero-order chi connectivity index (χ0) is 20.2. The maximum Gasteiger partial charge on any atom is 0.417 e. The number of para-hydroxylation sites is 1. The van der Waals surface area contributed by atoms with E-state index >= 15 is 0 Å². The van der Waals surface area contributed by atoms with Crippen molar-refractivity contribution in [2.24, 2.45) is 5.73 Å². The Morgan fingerprint density at radius 2 is 1.93 bits per heavy atom. The average Bonchev–Trinajstić information content (AvgIpc) is 2.60. The van der Waals surface area contributed by atoms with Gasteiger partial charge in [0.1, 0.15) is 0 Å². The molecule has 3 N–H and O–H groups in total. The lowest BCUT2D eigenvalue weighted by molar-refractivity contribution is -0.137. The quantitative estimate of drug-likeness (QED) is 0.774. The molecule has 2 aromatic carbocycles. The van der Waals surface area contributed by atoms with Gasteiger partial charge in [-0.05, 0) is 30.3 Å². The molecule has 144 valence electrons. The second-order valence-corrected chi connectivity index (χ2v) is 5.64. The summed E-state index contributed by atoms with van der Waals surface area (Å²) in [6, 6.07) is 7.33. The zero-order valence-electron chi connectivity index (χ0n) is 13.9. The van der Waals surface area contributed by atoms with Gasteiger partial charge in [0, 0.05) is 5.69 Å². The van der Waals surface area contributed by atoms with E-state index in [4.69, 9.17) is 26.8 Å². The van der Waals surface area contributed by atoms with Crippen LogP contribution in [-0.4, -0.2) is 25.5 Å². The summed E-state index contributed by atoms with van der Waals surface area (Å²) >= 11 is 5.52. The minimum Gasteiger partial charge on any atom is -0.493 e. The van der Waals surface area contributed by atoms with Gasteiger partial charge in [0.15, 0.2) is 18.1 Å². The van der Waals surface area contributed by atoms with Crippen molar-refractivity contribution in [3.8, 4) is 11.5 Å². The summed E-state index contributed by atoms with van der Waals surface area (Å²) in [5.41, 5.74) is 4.04. The van der Waals surface area contributed by atoms with E-state index in [2.05, 4.69) is 5.32 Å². The minimum absolute atomic E-state index is 0.00648. The molecule has 0 atom stereocenters. The van der Waals surface area contributed by atoms with Crippen LogP contribution in [0.25, 0.3) is 0 Å². The van der Waals surface area contributed by atoms with Gasteiger partial charge in [-0.1, -0.05) is 17.7 Å². The first-order valence-corrected chi connectivity index (χ1v) is 7.77. The van der Waals surface area contributed by atoms with Gasteiger partial charge in [-0.3, -0.25) is 9.59 Å². The second-order valence-electron chi connectivity index (χ2n) is 5.23. The molecule has 0 aliphatic rings. The van der Waals surface area contributed by atoms with Crippen molar-refractivity contribution in [2.75, 3.05) is 19.0 Å². The molecule has 0 unspecified atom stereocenters. The Labute approximate surface area is 157 Å². The summed E-state index contributed by atoms with van der Waals surface area (Å²) in [6.07, 6.45) is -4.66. The topological polar surface area (TPSA) is 90.7 Å². The highest BCUT2D eigenvalue weighted by Gasteiger charge is 2.33. The van der Waals surface area contributed by atoms with Crippen molar-refractivity contribution in [2.45, 2.75) is 6.18 Å². The number of primary amides is 1. The molecule has 0 aliphatic carbocycles. The fourth-order valence-electron chi connectivity index (χ4n) is 2.17. The molecule has 0 aromatic heterocycles. The molecule has 0 spiro atoms. The van der Waals surface area contributed by atoms with Crippen molar-refractivity contribution in [1.82, 2.24) is 0 Å². The number of hydrogen-bond donors (Lipinski definition) is 2. The fraction of sp³-hybridized carbons (Fsp3) is 0.176. The van der Waals surface area contributed by atoms with Crippen molar-refractivity contribution >= 4 is 29.1 Å². The van der Waals surface area contributed by atoms with Crippen molar-refractivity contribution in [3.05, 3.63) is 52.5 Å². The molecule has 10 heteroatoms. The summed E-state index contributed by atoms with van der Waals surface area (Å²) in [5.74, 6) is -1.43. The highest BCUT2D eigenvalue weighted by molar-refractivity contribution is 6.31. The lowest BCUT2D eigenvalue weighted by Gasteiger charge is -2.14. The van der Waals surface area contributed by atoms with E-state index in [1.54, 1.807) is 0 Å². The third-order valence-corrected chi connectivity index (χ3v) is 3.70. The molecule has 0 fully saturated rings. The number of carbonyl (C=O) groups excluding carboxylic acids is 2. The average molecular weight is 403 g/mol. The van der Waals surface area contributed by atoms with E-state index in [9.17, 15) is 22.8 Å². The van der Waals surface area contributed by atoms with Crippen molar-refractivity contribution < 1.29 is 32.2 Å². The van der Waals surface area contributed by atoms with Crippen LogP contribution in [-0.2, 0) is 11.0 Å². The number of benzene rings is 2. The van der Waals surface area contributed by atoms with E-state index in [-0.39, 0.29) is 22.7 Å². The molecule has 0 saturated heterocycles. The monoisotopic (exact) mass is 402 g/mol. The Balaban J connectivity index is 2.13. The molecule has 2 amide bonds. The SMILES string of the molecule is COc1cccc(C(N)=O)c1OCC(=O)Nc1ccc(Cl)c(C(F)(F)F)c1. The van der Waals surface area contributed by atoms with Gasteiger partial charge in [-0.15, -0.1) is 0 Å². The summed E-state index contributed by atoms with van der Waals surface area (Å²) in [5, 5.41) is 1.77. The van der Waals surface area contributed by atoms with Gasteiger partial charge in [0.2, 0.25) is 0 Å². The molecule has 0 bridgehead atoms. The Morgan fingerprint density at radius 3 is 2.52 bits per heavy atom. The van der Waals surface area contributed by atoms with E-state index in [1.807, 2.05) is 0 Å². The van der Waals surface area contributed by atoms with Crippen LogP contribution >= 0.6 is 11.6 Å². The maximum atomic E-state index is 12.9. The first-order valence-electron chi connectivity index (χ1n) is 7.39. The molecule has 0 heterocycles. The second kappa shape index (κ2) is 8.17. The molecule has 27 heavy (non-hydrogen) atoms. The minimum atomic E-state index is -4.66. The number of amides is 2. The van der Waals surface area contributed by atoms with Crippen molar-refractivity contribution in [1.29, 1.82) is 0 Å². The Morgan fingerprint density at radius 1 is 1.22 bits per heavy atom. The summed E-state index contributed by atoms with van der Waals surface area (Å²) in [6.45, 7) is -0.593. The maximum absolute atomic E-state index is 12.9. The molecule has 2 aromatic rings. The van der Waals surface area contributed by atoms with Gasteiger partial charge in [-0.25, -0.2) is 0 Å². The largest absolute Gasteiger partial charge is 0.493 e. The number of nitrogens with one attached hydrogen (secondary N) is 1. The number of methoxy groups -OCH3 is 1. The molecular formula is C17H14ClF3N2O4. The standard InChI is InChI=1S/C17H14ClF3N2O4/c1-26-13-4-2-3-10(16(22)25)15(13)27-8-14(24)23-9-5-6-12(18)11(7-9)17(19,20)21/h2-7H,8H2,1H3,(H2,22,25)(H,23,24). The van der Waals surface area contributed by atoms with E-state index in [0.29, 0.717) is 6.07 Å². The van der Waals surface area contributed by atoms with Crippen LogP contribution in [0.4, 0.5) is 18.9 Å². The Bertz CT molecular complexity index is 872. The predicted molar refractivity (Wildman–Crippen MR) is 92.1 cm³/mol. The number of alkyl halides is 3. The number of rotatable bonds is 6. The predicted octanol–water partition coefficient (Wildman–Crippen LogP) is 3.48. The van der Waals surface area contributed by atoms with Crippen LogP contribution in [0.5, 0.6) is 11.5 Å². The van der Waals surface area contributed by atoms with E-state index in [0.717, 1.165) is 6.07 Å². The lowest BCUT2D eigenvalue weighted by atomic mass is 10.1. The highest BCUT2D eigenvalue weighted by Crippen LogP contribution is 2.36. The Hall–Kier alpha value is -2.94. The van der Waals surface area contributed by atoms with Gasteiger partial charge < -0.3 is 20.5 Å². The van der Waals surface area contributed by atoms with Crippen LogP contribution in [0.1, 0.15) is 15.9 Å². The first-order chi connectivity index (χ1) is 12.6. The Kier molecular flexibility index (Phi) is 6.17. The van der Waals surface area contributed by atoms with Crippen LogP contribution in [0.3, 0.4) is 0 Å². The van der Waals surface area contributed by atoms with Crippen LogP contribution in [0.2, 0.25) is 5.02 Å². The number of nitrogens with two attached hydrogens (primary N) is 1. The molecular weight excluding hydrogens is 389 g/mol. The van der Waals surface area contributed by atoms with E-state index in [1.165, 1.54) is 31.4 Å². The molecule has 0 saturated carbocycles. The normalized spacial score (nSPS) is 11.0. The van der Waals surface area contributed by atoms with Gasteiger partial charge in [-0.2, -0.15) is 13.2 Å². The van der Waals surface area contributed by atoms with Crippen molar-refractivity contribution in [3.63, 3.8) is 0 Å². The van der Waals surface area contributed by atoms with Crippen LogP contribution < -0.4 is 20.5 Å². The third kappa shape index (κ3) is 5.04. The van der Waals surface area contributed by atoms with Crippen LogP contribution in [0, 0.1) is 0 Å². The third-order valence-electron chi connectivity index (χ3n) is 3.37. The smallest absolute Gasteiger partial charge is 0.417 e. The number of anilines is 1. The summed E-state index contributed by atoms with van der Waals surface area (Å²) in [4.78, 5) is 23.5. The van der Waals surface area contributed by atoms with Crippen LogP contribution in [0.15, 0.2) is 36.4 Å². The van der Waals surface area contributed by atoms with Gasteiger partial charge in [0.25, 0.3) is 11.8 Å². The summed E-state index contributed by atoms with van der Waals surface area (Å²) < 4.78 is 48.9. The molecule has 0 aliphatic heterocycles. The molecule has 6 nitrogen and oxygen atoms in total. The number of hydrogen-bond acceptors (Lipinski definition) is 4. The number of carbonyl (C=O) groups is 2. The summed E-state index contributed by atoms with van der Waals surface area (Å²) in [7, 11) is 1.33. The fourth-order valence-corrected chi connectivity index (χ4v) is 2.40.